The van der Waals surface area contributed by atoms with E-state index in [1.807, 2.05) is 13.0 Å². The van der Waals surface area contributed by atoms with Gasteiger partial charge in [-0.3, -0.25) is 9.78 Å². The van der Waals surface area contributed by atoms with E-state index < -0.39 is 0 Å². The lowest BCUT2D eigenvalue weighted by molar-refractivity contribution is 0.104. The minimum absolute atomic E-state index is 0.111. The van der Waals surface area contributed by atoms with Crippen molar-refractivity contribution >= 4 is 11.9 Å². The van der Waals surface area contributed by atoms with E-state index in [2.05, 4.69) is 11.6 Å². The molecule has 0 aliphatic heterocycles. The van der Waals surface area contributed by atoms with Crippen molar-refractivity contribution in [1.82, 2.24) is 4.98 Å². The molecule has 2 aromatic rings. The summed E-state index contributed by atoms with van der Waals surface area (Å²) < 4.78 is 5.42. The Morgan fingerprint density at radius 1 is 1.41 bits per heavy atom. The third-order valence-electron chi connectivity index (χ3n) is 2.83. The van der Waals surface area contributed by atoms with Gasteiger partial charge in [0.15, 0.2) is 5.78 Å². The van der Waals surface area contributed by atoms with Gasteiger partial charge in [-0.25, -0.2) is 0 Å². The quantitative estimate of drug-likeness (QED) is 0.502. The maximum atomic E-state index is 12.1. The van der Waals surface area contributed by atoms with Crippen LogP contribution in [0.2, 0.25) is 0 Å². The Morgan fingerprint density at radius 2 is 2.23 bits per heavy atom. The van der Waals surface area contributed by atoms with Crippen LogP contribution in [0, 0.1) is 0 Å². The number of pyridine rings is 1. The van der Waals surface area contributed by atoms with E-state index >= 15 is 0 Å². The summed E-state index contributed by atoms with van der Waals surface area (Å²) in [5.74, 6) is 0.0983. The van der Waals surface area contributed by atoms with Crippen molar-refractivity contribution in [1.29, 1.82) is 0 Å². The molecule has 0 radical (unpaired) electrons. The second kappa shape index (κ2) is 7.22. The van der Waals surface area contributed by atoms with Crippen LogP contribution in [0.3, 0.4) is 0 Å². The molecule has 1 heterocycles. The van der Waals surface area contributed by atoms with Crippen LogP contribution < -0.4 is 4.74 Å². The van der Waals surface area contributed by atoms with E-state index in [4.69, 9.17) is 4.74 Å². The Hall–Kier alpha value is -2.88. The number of aromatic nitrogens is 1. The lowest BCUT2D eigenvalue weighted by Crippen LogP contribution is -1.99. The third-order valence-corrected chi connectivity index (χ3v) is 2.83. The summed E-state index contributed by atoms with van der Waals surface area (Å²) in [6, 6.07) is 8.24. The Bertz CT molecular complexity index is 706. The summed E-state index contributed by atoms with van der Waals surface area (Å²) in [5.41, 5.74) is 1.92. The van der Waals surface area contributed by atoms with Crippen molar-refractivity contribution in [3.63, 3.8) is 0 Å². The SMILES string of the molecule is C=C(C)COc1ccc(C(=O)/C=C/c2cccnc2)c(O)c1. The molecule has 0 atom stereocenters. The van der Waals surface area contributed by atoms with Crippen molar-refractivity contribution < 1.29 is 14.6 Å². The smallest absolute Gasteiger partial charge is 0.189 e. The van der Waals surface area contributed by atoms with Crippen molar-refractivity contribution in [3.8, 4) is 11.5 Å². The molecule has 22 heavy (non-hydrogen) atoms. The summed E-state index contributed by atoms with van der Waals surface area (Å²) in [6.07, 6.45) is 6.37. The van der Waals surface area contributed by atoms with Crippen LogP contribution in [0.4, 0.5) is 0 Å². The normalized spacial score (nSPS) is 10.6. The van der Waals surface area contributed by atoms with E-state index in [-0.39, 0.29) is 17.1 Å². The summed E-state index contributed by atoms with van der Waals surface area (Å²) in [5, 5.41) is 9.95. The van der Waals surface area contributed by atoms with Gasteiger partial charge in [0, 0.05) is 18.5 Å². The molecule has 0 aliphatic carbocycles. The van der Waals surface area contributed by atoms with E-state index in [0.717, 1.165) is 11.1 Å². The molecular formula is C18H17NO3. The predicted octanol–water partition coefficient (Wildman–Crippen LogP) is 3.64. The fraction of sp³-hybridized carbons (Fsp3) is 0.111. The zero-order valence-electron chi connectivity index (χ0n) is 12.3. The second-order valence-corrected chi connectivity index (χ2v) is 4.91. The molecule has 0 amide bonds. The summed E-state index contributed by atoms with van der Waals surface area (Å²) in [7, 11) is 0. The van der Waals surface area contributed by atoms with Gasteiger partial charge in [0.2, 0.25) is 0 Å². The highest BCUT2D eigenvalue weighted by atomic mass is 16.5. The van der Waals surface area contributed by atoms with Gasteiger partial charge in [-0.05, 0) is 48.4 Å². The number of nitrogens with zero attached hydrogens (tertiary/aromatic N) is 1. The monoisotopic (exact) mass is 295 g/mol. The lowest BCUT2D eigenvalue weighted by atomic mass is 10.1. The molecular weight excluding hydrogens is 278 g/mol. The molecule has 0 saturated carbocycles. The fourth-order valence-corrected chi connectivity index (χ4v) is 1.75. The number of ether oxygens (including phenoxy) is 1. The van der Waals surface area contributed by atoms with E-state index in [1.54, 1.807) is 36.7 Å². The number of carbonyl (C=O) groups excluding carboxylic acids is 1. The average Bonchev–Trinajstić information content (AvgIpc) is 2.51. The molecule has 0 bridgehead atoms. The number of ketones is 1. The molecule has 4 nitrogen and oxygen atoms in total. The molecule has 0 saturated heterocycles. The first-order chi connectivity index (χ1) is 10.6. The van der Waals surface area contributed by atoms with Crippen LogP contribution in [-0.4, -0.2) is 22.5 Å². The van der Waals surface area contributed by atoms with Gasteiger partial charge in [0.1, 0.15) is 18.1 Å². The lowest BCUT2D eigenvalue weighted by Gasteiger charge is -2.07. The maximum absolute atomic E-state index is 12.1. The van der Waals surface area contributed by atoms with Gasteiger partial charge in [-0.2, -0.15) is 0 Å². The number of aromatic hydroxyl groups is 1. The number of benzene rings is 1. The Morgan fingerprint density at radius 3 is 2.86 bits per heavy atom. The molecule has 2 rings (SSSR count). The Labute approximate surface area is 129 Å². The van der Waals surface area contributed by atoms with E-state index in [9.17, 15) is 9.90 Å². The van der Waals surface area contributed by atoms with Gasteiger partial charge in [-0.15, -0.1) is 0 Å². The number of carbonyl (C=O) groups is 1. The highest BCUT2D eigenvalue weighted by Gasteiger charge is 2.09. The fourth-order valence-electron chi connectivity index (χ4n) is 1.75. The largest absolute Gasteiger partial charge is 0.507 e. The van der Waals surface area contributed by atoms with Crippen molar-refractivity contribution in [2.24, 2.45) is 0 Å². The highest BCUT2D eigenvalue weighted by Crippen LogP contribution is 2.24. The van der Waals surface area contributed by atoms with Gasteiger partial charge in [0.05, 0.1) is 5.56 Å². The highest BCUT2D eigenvalue weighted by molar-refractivity contribution is 6.08. The molecule has 0 aliphatic rings. The van der Waals surface area contributed by atoms with Crippen molar-refractivity contribution in [2.45, 2.75) is 6.92 Å². The van der Waals surface area contributed by atoms with Crippen LogP contribution in [-0.2, 0) is 0 Å². The molecule has 112 valence electrons. The molecule has 1 aromatic heterocycles. The number of allylic oxidation sites excluding steroid dienone is 1. The molecule has 1 aromatic carbocycles. The molecule has 0 fully saturated rings. The van der Waals surface area contributed by atoms with Crippen LogP contribution in [0.25, 0.3) is 6.08 Å². The average molecular weight is 295 g/mol. The van der Waals surface area contributed by atoms with E-state index in [1.165, 1.54) is 12.1 Å². The third kappa shape index (κ3) is 4.31. The van der Waals surface area contributed by atoms with Gasteiger partial charge in [0.25, 0.3) is 0 Å². The van der Waals surface area contributed by atoms with Gasteiger partial charge >= 0.3 is 0 Å². The van der Waals surface area contributed by atoms with Gasteiger partial charge < -0.3 is 9.84 Å². The van der Waals surface area contributed by atoms with Crippen LogP contribution in [0.15, 0.2) is 61.0 Å². The van der Waals surface area contributed by atoms with Crippen LogP contribution >= 0.6 is 0 Å². The maximum Gasteiger partial charge on any atom is 0.189 e. The predicted molar refractivity (Wildman–Crippen MR) is 86.0 cm³/mol. The van der Waals surface area contributed by atoms with Crippen LogP contribution in [0.1, 0.15) is 22.8 Å². The number of hydrogen-bond donors (Lipinski definition) is 1. The van der Waals surface area contributed by atoms with Crippen LogP contribution in [0.5, 0.6) is 11.5 Å². The molecule has 0 unspecified atom stereocenters. The van der Waals surface area contributed by atoms with Crippen molar-refractivity contribution in [2.75, 3.05) is 6.61 Å². The van der Waals surface area contributed by atoms with Gasteiger partial charge in [-0.1, -0.05) is 12.6 Å². The molecule has 1 N–H and O–H groups in total. The summed E-state index contributed by atoms with van der Waals surface area (Å²) >= 11 is 0. The number of phenolic OH excluding ortho intramolecular Hbond substituents is 1. The number of rotatable bonds is 6. The number of phenols is 1. The summed E-state index contributed by atoms with van der Waals surface area (Å²) in [4.78, 5) is 16.1. The first-order valence-electron chi connectivity index (χ1n) is 6.79. The molecule has 4 heteroatoms. The summed E-state index contributed by atoms with van der Waals surface area (Å²) in [6.45, 7) is 5.95. The molecule has 0 spiro atoms. The minimum atomic E-state index is -0.284. The Kier molecular flexibility index (Phi) is 5.09. The second-order valence-electron chi connectivity index (χ2n) is 4.91. The van der Waals surface area contributed by atoms with Crippen molar-refractivity contribution in [3.05, 3.63) is 72.1 Å². The first kappa shape index (κ1) is 15.5. The Balaban J connectivity index is 2.10. The van der Waals surface area contributed by atoms with E-state index in [0.29, 0.717) is 12.4 Å². The minimum Gasteiger partial charge on any atom is -0.507 e. The zero-order chi connectivity index (χ0) is 15.9. The number of hydrogen-bond acceptors (Lipinski definition) is 4. The first-order valence-corrected chi connectivity index (χ1v) is 6.79. The topological polar surface area (TPSA) is 59.4 Å². The zero-order valence-corrected chi connectivity index (χ0v) is 12.3. The standard InChI is InChI=1S/C18H17NO3/c1-13(2)12-22-15-6-7-16(18(21)10-15)17(20)8-5-14-4-3-9-19-11-14/h3-11,21H,1,12H2,2H3/b8-5+.